The van der Waals surface area contributed by atoms with Gasteiger partial charge in [0.2, 0.25) is 5.95 Å². The van der Waals surface area contributed by atoms with Crippen LogP contribution in [0.15, 0.2) is 54.9 Å². The van der Waals surface area contributed by atoms with Crippen LogP contribution in [-0.4, -0.2) is 40.1 Å². The third-order valence-electron chi connectivity index (χ3n) is 4.18. The highest BCUT2D eigenvalue weighted by Crippen LogP contribution is 2.23. The van der Waals surface area contributed by atoms with Gasteiger partial charge in [0.15, 0.2) is 0 Å². The average molecular weight is 441 g/mol. The predicted octanol–water partition coefficient (Wildman–Crippen LogP) is 2.88. The summed E-state index contributed by atoms with van der Waals surface area (Å²) >= 11 is 6.01. The minimum Gasteiger partial charge on any atom is -0.352 e. The number of nitrogens with one attached hydrogen (secondary N) is 2. The average Bonchev–Trinajstić information content (AvgIpc) is 2.73. The van der Waals surface area contributed by atoms with Crippen LogP contribution in [-0.2, 0) is 0 Å². The number of hydrogen-bond donors (Lipinski definition) is 4. The van der Waals surface area contributed by atoms with Gasteiger partial charge in [-0.2, -0.15) is 0 Å². The molecule has 0 unspecified atom stereocenters. The number of halogens is 1. The van der Waals surface area contributed by atoms with Crippen molar-refractivity contribution in [2.24, 2.45) is 11.5 Å². The van der Waals surface area contributed by atoms with Gasteiger partial charge in [0.05, 0.1) is 5.69 Å². The fourth-order valence-corrected chi connectivity index (χ4v) is 2.98. The van der Waals surface area contributed by atoms with E-state index < -0.39 is 12.1 Å². The zero-order chi connectivity index (χ0) is 22.2. The highest BCUT2D eigenvalue weighted by atomic mass is 35.5. The lowest BCUT2D eigenvalue weighted by Gasteiger charge is -2.20. The van der Waals surface area contributed by atoms with Gasteiger partial charge in [-0.1, -0.05) is 17.7 Å². The Labute approximate surface area is 183 Å². The van der Waals surface area contributed by atoms with E-state index in [1.165, 1.54) is 4.90 Å². The molecule has 4 amide bonds. The molecule has 0 aliphatic heterocycles. The van der Waals surface area contributed by atoms with Crippen molar-refractivity contribution < 1.29 is 9.59 Å². The van der Waals surface area contributed by atoms with Crippen LogP contribution in [0.25, 0.3) is 11.3 Å². The number of carbonyl (C=O) groups excluding carboxylic acids is 2. The molecule has 160 valence electrons. The molecule has 0 saturated heterocycles. The van der Waals surface area contributed by atoms with Crippen LogP contribution < -0.4 is 27.0 Å². The molecule has 0 aliphatic rings. The van der Waals surface area contributed by atoms with Crippen molar-refractivity contribution in [3.63, 3.8) is 0 Å². The lowest BCUT2D eigenvalue weighted by atomic mass is 10.2. The van der Waals surface area contributed by atoms with E-state index in [2.05, 4.69) is 25.6 Å². The van der Waals surface area contributed by atoms with Crippen LogP contribution in [0.5, 0.6) is 0 Å². The summed E-state index contributed by atoms with van der Waals surface area (Å²) in [7, 11) is 0. The molecular formula is C20H21ClN8O2. The van der Waals surface area contributed by atoms with E-state index in [-0.39, 0.29) is 6.54 Å². The number of amides is 4. The second kappa shape index (κ2) is 10.2. The van der Waals surface area contributed by atoms with Crippen molar-refractivity contribution >= 4 is 41.1 Å². The minimum atomic E-state index is -0.658. The van der Waals surface area contributed by atoms with Gasteiger partial charge in [0, 0.05) is 41.8 Å². The van der Waals surface area contributed by atoms with E-state index in [0.29, 0.717) is 35.4 Å². The van der Waals surface area contributed by atoms with Crippen LogP contribution in [0, 0.1) is 0 Å². The lowest BCUT2D eigenvalue weighted by molar-refractivity contribution is 0.249. The zero-order valence-electron chi connectivity index (χ0n) is 16.5. The fraction of sp³-hybridized carbons (Fsp3) is 0.150. The maximum absolute atomic E-state index is 11.9. The lowest BCUT2D eigenvalue weighted by Crippen LogP contribution is -2.39. The number of nitrogens with zero attached hydrogens (tertiary/aromatic N) is 4. The van der Waals surface area contributed by atoms with Crippen LogP contribution >= 0.6 is 11.6 Å². The molecule has 1 aromatic carbocycles. The van der Waals surface area contributed by atoms with Gasteiger partial charge >= 0.3 is 12.1 Å². The molecule has 0 atom stereocenters. The number of rotatable bonds is 8. The third kappa shape index (κ3) is 6.28. The number of nitrogens with two attached hydrogens (primary N) is 2. The molecule has 2 heterocycles. The van der Waals surface area contributed by atoms with Gasteiger partial charge in [-0.15, -0.1) is 0 Å². The van der Waals surface area contributed by atoms with E-state index >= 15 is 0 Å². The second-order valence-corrected chi connectivity index (χ2v) is 6.87. The second-order valence-electron chi connectivity index (χ2n) is 6.44. The van der Waals surface area contributed by atoms with Crippen LogP contribution in [0.2, 0.25) is 5.02 Å². The Hall–Kier alpha value is -3.92. The minimum absolute atomic E-state index is 0.261. The molecule has 0 bridgehead atoms. The largest absolute Gasteiger partial charge is 0.352 e. The number of anilines is 3. The summed E-state index contributed by atoms with van der Waals surface area (Å²) in [6.07, 6.45) is 3.64. The molecule has 0 radical (unpaired) electrons. The smallest absolute Gasteiger partial charge is 0.320 e. The summed E-state index contributed by atoms with van der Waals surface area (Å²) in [5.41, 5.74) is 12.7. The van der Waals surface area contributed by atoms with Gasteiger partial charge in [0.1, 0.15) is 5.82 Å². The van der Waals surface area contributed by atoms with E-state index in [9.17, 15) is 9.59 Å². The van der Waals surface area contributed by atoms with E-state index in [1.54, 1.807) is 42.7 Å². The third-order valence-corrected chi connectivity index (χ3v) is 4.41. The SMILES string of the molecule is NC(=O)NCCCN(C(N)=O)c1cc(-c2ccnc(Nc3cccc(Cl)c3)n2)ccn1. The zero-order valence-corrected chi connectivity index (χ0v) is 17.2. The first-order chi connectivity index (χ1) is 14.9. The Morgan fingerprint density at radius 2 is 1.87 bits per heavy atom. The van der Waals surface area contributed by atoms with E-state index in [4.69, 9.17) is 23.1 Å². The van der Waals surface area contributed by atoms with Crippen LogP contribution in [0.4, 0.5) is 27.0 Å². The fourth-order valence-electron chi connectivity index (χ4n) is 2.79. The van der Waals surface area contributed by atoms with Gasteiger partial charge in [-0.25, -0.2) is 24.5 Å². The van der Waals surface area contributed by atoms with E-state index in [1.807, 2.05) is 12.1 Å². The first-order valence-corrected chi connectivity index (χ1v) is 9.72. The summed E-state index contributed by atoms with van der Waals surface area (Å²) in [5, 5.41) is 6.16. The number of benzene rings is 1. The van der Waals surface area contributed by atoms with Crippen molar-refractivity contribution in [1.29, 1.82) is 0 Å². The summed E-state index contributed by atoms with van der Waals surface area (Å²) in [6, 6.07) is 11.1. The molecule has 0 aliphatic carbocycles. The molecule has 2 aromatic heterocycles. The summed E-state index contributed by atoms with van der Waals surface area (Å²) in [4.78, 5) is 37.0. The highest BCUT2D eigenvalue weighted by Gasteiger charge is 2.15. The molecule has 3 aromatic rings. The Balaban J connectivity index is 1.78. The first kappa shape index (κ1) is 21.8. The van der Waals surface area contributed by atoms with Crippen molar-refractivity contribution in [3.05, 3.63) is 59.9 Å². The van der Waals surface area contributed by atoms with Crippen molar-refractivity contribution in [2.45, 2.75) is 6.42 Å². The molecule has 6 N–H and O–H groups in total. The monoisotopic (exact) mass is 440 g/mol. The van der Waals surface area contributed by atoms with Crippen molar-refractivity contribution in [1.82, 2.24) is 20.3 Å². The normalized spacial score (nSPS) is 10.4. The summed E-state index contributed by atoms with van der Waals surface area (Å²) in [6.45, 7) is 0.570. The number of hydrogen-bond acceptors (Lipinski definition) is 6. The molecule has 0 spiro atoms. The standard InChI is InChI=1S/C20H21ClN8O2/c21-14-3-1-4-15(12-14)27-20-26-9-6-16(28-20)13-5-8-24-17(11-13)29(19(23)31)10-2-7-25-18(22)30/h1,3-6,8-9,11-12H,2,7,10H2,(H2,23,31)(H3,22,25,30)(H,26,27,28). The maximum atomic E-state index is 11.9. The van der Waals surface area contributed by atoms with Gasteiger partial charge in [-0.05, 0) is 42.8 Å². The van der Waals surface area contributed by atoms with Gasteiger partial charge in [0.25, 0.3) is 0 Å². The highest BCUT2D eigenvalue weighted by molar-refractivity contribution is 6.30. The molecule has 10 nitrogen and oxygen atoms in total. The Kier molecular flexibility index (Phi) is 7.17. The number of carbonyl (C=O) groups is 2. The number of pyridine rings is 1. The summed E-state index contributed by atoms with van der Waals surface area (Å²) in [5.74, 6) is 0.759. The van der Waals surface area contributed by atoms with Gasteiger partial charge < -0.3 is 22.1 Å². The predicted molar refractivity (Wildman–Crippen MR) is 119 cm³/mol. The molecule has 3 rings (SSSR count). The molecule has 31 heavy (non-hydrogen) atoms. The van der Waals surface area contributed by atoms with Crippen molar-refractivity contribution in [2.75, 3.05) is 23.3 Å². The molecular weight excluding hydrogens is 420 g/mol. The number of aromatic nitrogens is 3. The number of primary amides is 2. The Morgan fingerprint density at radius 1 is 1.06 bits per heavy atom. The topological polar surface area (TPSA) is 152 Å². The molecule has 11 heteroatoms. The van der Waals surface area contributed by atoms with Crippen LogP contribution in [0.1, 0.15) is 6.42 Å². The number of urea groups is 2. The Morgan fingerprint density at radius 3 is 2.61 bits per heavy atom. The van der Waals surface area contributed by atoms with Crippen LogP contribution in [0.3, 0.4) is 0 Å². The first-order valence-electron chi connectivity index (χ1n) is 9.35. The molecule has 0 saturated carbocycles. The molecule has 0 fully saturated rings. The van der Waals surface area contributed by atoms with Crippen molar-refractivity contribution in [3.8, 4) is 11.3 Å². The maximum Gasteiger partial charge on any atom is 0.320 e. The Bertz CT molecular complexity index is 1080. The van der Waals surface area contributed by atoms with Gasteiger partial charge in [-0.3, -0.25) is 4.90 Å². The van der Waals surface area contributed by atoms with E-state index in [0.717, 1.165) is 11.3 Å². The quantitative estimate of drug-likeness (QED) is 0.395. The summed E-state index contributed by atoms with van der Waals surface area (Å²) < 4.78 is 0.